The Morgan fingerprint density at radius 1 is 1.26 bits per heavy atom. The van der Waals surface area contributed by atoms with Gasteiger partial charge in [-0.25, -0.2) is 9.50 Å². The molecule has 1 saturated heterocycles. The summed E-state index contributed by atoms with van der Waals surface area (Å²) in [5.41, 5.74) is 1.62. The minimum absolute atomic E-state index is 0.0157. The lowest BCUT2D eigenvalue weighted by Gasteiger charge is -2.22. The van der Waals surface area contributed by atoms with Gasteiger partial charge < -0.3 is 0 Å². The molecule has 0 saturated carbocycles. The van der Waals surface area contributed by atoms with Crippen LogP contribution in [0.4, 0.5) is 13.2 Å². The highest BCUT2D eigenvalue weighted by Crippen LogP contribution is 2.35. The number of nitrogens with zero attached hydrogens (tertiary/aromatic N) is 5. The second-order valence-electron chi connectivity index (χ2n) is 6.81. The van der Waals surface area contributed by atoms with E-state index in [2.05, 4.69) is 20.0 Å². The molecule has 4 rings (SSSR count). The number of fused-ring (bicyclic) bond motifs is 1. The monoisotopic (exact) mass is 375 g/mol. The van der Waals surface area contributed by atoms with Gasteiger partial charge in [0.2, 0.25) is 0 Å². The van der Waals surface area contributed by atoms with E-state index < -0.39 is 11.9 Å². The van der Waals surface area contributed by atoms with E-state index in [9.17, 15) is 13.2 Å². The van der Waals surface area contributed by atoms with Crippen LogP contribution in [0.5, 0.6) is 0 Å². The average Bonchev–Trinajstić information content (AvgIpc) is 3.26. The Kier molecular flexibility index (Phi) is 4.59. The fraction of sp³-hybridized carbons (Fsp3) is 0.421. The molecular weight excluding hydrogens is 355 g/mol. The van der Waals surface area contributed by atoms with Crippen LogP contribution in [-0.4, -0.2) is 31.0 Å². The maximum atomic E-state index is 13.5. The van der Waals surface area contributed by atoms with Crippen molar-refractivity contribution < 1.29 is 13.2 Å². The van der Waals surface area contributed by atoms with Crippen LogP contribution in [0.3, 0.4) is 0 Å². The Morgan fingerprint density at radius 2 is 2.11 bits per heavy atom. The molecule has 3 aromatic rings. The van der Waals surface area contributed by atoms with Gasteiger partial charge in [0.25, 0.3) is 0 Å². The number of halogens is 3. The third-order valence-electron chi connectivity index (χ3n) is 4.97. The minimum atomic E-state index is -4.47. The second-order valence-corrected chi connectivity index (χ2v) is 6.81. The van der Waals surface area contributed by atoms with Gasteiger partial charge in [-0.15, -0.1) is 0 Å². The summed E-state index contributed by atoms with van der Waals surface area (Å²) < 4.78 is 41.4. The number of likely N-dealkylation sites (tertiary alicyclic amines) is 1. The number of alkyl halides is 3. The Morgan fingerprint density at radius 3 is 2.81 bits per heavy atom. The zero-order valence-electron chi connectivity index (χ0n) is 14.9. The normalized spacial score (nSPS) is 18.4. The number of rotatable bonds is 4. The molecule has 1 fully saturated rings. The average molecular weight is 375 g/mol. The summed E-state index contributed by atoms with van der Waals surface area (Å²) in [5.74, 6) is 0. The van der Waals surface area contributed by atoms with E-state index in [0.717, 1.165) is 35.5 Å². The van der Waals surface area contributed by atoms with Crippen LogP contribution in [0.25, 0.3) is 5.65 Å². The summed E-state index contributed by atoms with van der Waals surface area (Å²) in [6.45, 7) is 3.38. The van der Waals surface area contributed by atoms with Gasteiger partial charge in [0.1, 0.15) is 5.69 Å². The highest BCUT2D eigenvalue weighted by Gasteiger charge is 2.36. The number of aromatic nitrogens is 4. The molecule has 0 spiro atoms. The van der Waals surface area contributed by atoms with Crippen LogP contribution in [0.15, 0.2) is 36.7 Å². The molecule has 3 aromatic heterocycles. The van der Waals surface area contributed by atoms with E-state index in [4.69, 9.17) is 0 Å². The molecule has 27 heavy (non-hydrogen) atoms. The van der Waals surface area contributed by atoms with Crippen molar-refractivity contribution in [1.82, 2.24) is 24.5 Å². The van der Waals surface area contributed by atoms with E-state index in [0.29, 0.717) is 24.4 Å². The zero-order valence-corrected chi connectivity index (χ0v) is 14.9. The summed E-state index contributed by atoms with van der Waals surface area (Å²) in [7, 11) is 0. The molecule has 0 radical (unpaired) electrons. The first kappa shape index (κ1) is 17.9. The summed E-state index contributed by atoms with van der Waals surface area (Å²) in [6, 6.07) is 6.66. The molecule has 0 bridgehead atoms. The first-order valence-electron chi connectivity index (χ1n) is 9.05. The summed E-state index contributed by atoms with van der Waals surface area (Å²) >= 11 is 0. The number of pyridine rings is 1. The highest BCUT2D eigenvalue weighted by molar-refractivity contribution is 5.43. The first-order chi connectivity index (χ1) is 13.0. The number of hydrogen-bond acceptors (Lipinski definition) is 4. The standard InChI is InChI=1S/C19H20F3N5/c1-2-14-9-17(19(20,21)22)27-18(24-14)10-15(25-27)16-6-4-8-26(16)12-13-5-3-7-23-11-13/h3,5,7,9-11,16H,2,4,6,8,12H2,1H3/t16-/m1/s1. The lowest BCUT2D eigenvalue weighted by atomic mass is 10.1. The fourth-order valence-corrected chi connectivity index (χ4v) is 3.67. The molecule has 4 heterocycles. The third-order valence-corrected chi connectivity index (χ3v) is 4.97. The van der Waals surface area contributed by atoms with Gasteiger partial charge in [-0.05, 0) is 43.5 Å². The largest absolute Gasteiger partial charge is 0.433 e. The van der Waals surface area contributed by atoms with Gasteiger partial charge in [-0.2, -0.15) is 18.3 Å². The smallest absolute Gasteiger partial charge is 0.290 e. The van der Waals surface area contributed by atoms with Gasteiger partial charge in [-0.3, -0.25) is 9.88 Å². The Balaban J connectivity index is 1.71. The Hall–Kier alpha value is -2.48. The van der Waals surface area contributed by atoms with Crippen molar-refractivity contribution in [3.8, 4) is 0 Å². The minimum Gasteiger partial charge on any atom is -0.290 e. The van der Waals surface area contributed by atoms with Crippen LogP contribution in [0.2, 0.25) is 0 Å². The van der Waals surface area contributed by atoms with E-state index >= 15 is 0 Å². The van der Waals surface area contributed by atoms with Crippen molar-refractivity contribution >= 4 is 5.65 Å². The van der Waals surface area contributed by atoms with Crippen LogP contribution >= 0.6 is 0 Å². The SMILES string of the molecule is CCc1cc(C(F)(F)F)n2nc([C@H]3CCCN3Cc3cccnc3)cc2n1. The second kappa shape index (κ2) is 6.92. The lowest BCUT2D eigenvalue weighted by molar-refractivity contribution is -0.142. The first-order valence-corrected chi connectivity index (χ1v) is 9.05. The van der Waals surface area contributed by atoms with Gasteiger partial charge >= 0.3 is 6.18 Å². The van der Waals surface area contributed by atoms with E-state index in [1.807, 2.05) is 18.3 Å². The predicted octanol–water partition coefficient (Wildman–Crippen LogP) is 4.04. The van der Waals surface area contributed by atoms with Crippen molar-refractivity contribution in [2.45, 2.75) is 44.9 Å². The molecule has 1 aliphatic rings. The molecule has 0 amide bonds. The van der Waals surface area contributed by atoms with Gasteiger partial charge in [-0.1, -0.05) is 13.0 Å². The highest BCUT2D eigenvalue weighted by atomic mass is 19.4. The van der Waals surface area contributed by atoms with Gasteiger partial charge in [0.15, 0.2) is 5.65 Å². The van der Waals surface area contributed by atoms with Crippen LogP contribution in [0, 0.1) is 0 Å². The molecule has 0 aromatic carbocycles. The van der Waals surface area contributed by atoms with Crippen molar-refractivity contribution in [2.24, 2.45) is 0 Å². The molecule has 0 aliphatic carbocycles. The molecule has 0 N–H and O–H groups in total. The summed E-state index contributed by atoms with van der Waals surface area (Å²) in [4.78, 5) is 10.7. The Bertz CT molecular complexity index is 936. The van der Waals surface area contributed by atoms with Crippen molar-refractivity contribution in [3.05, 3.63) is 59.3 Å². The molecule has 1 atom stereocenters. The Labute approximate surface area is 154 Å². The molecule has 0 unspecified atom stereocenters. The van der Waals surface area contributed by atoms with Crippen LogP contribution < -0.4 is 0 Å². The van der Waals surface area contributed by atoms with Crippen molar-refractivity contribution in [3.63, 3.8) is 0 Å². The topological polar surface area (TPSA) is 46.3 Å². The van der Waals surface area contributed by atoms with E-state index in [-0.39, 0.29) is 11.7 Å². The third kappa shape index (κ3) is 3.53. The van der Waals surface area contributed by atoms with Gasteiger partial charge in [0.05, 0.1) is 11.7 Å². The summed E-state index contributed by atoms with van der Waals surface area (Å²) in [5, 5.41) is 4.31. The molecule has 1 aliphatic heterocycles. The van der Waals surface area contributed by atoms with Crippen LogP contribution in [0.1, 0.15) is 48.5 Å². The van der Waals surface area contributed by atoms with Crippen molar-refractivity contribution in [1.29, 1.82) is 0 Å². The van der Waals surface area contributed by atoms with Crippen molar-refractivity contribution in [2.75, 3.05) is 6.54 Å². The van der Waals surface area contributed by atoms with Crippen LogP contribution in [-0.2, 0) is 19.1 Å². The molecular formula is C19H20F3N5. The maximum absolute atomic E-state index is 13.5. The molecule has 8 heteroatoms. The predicted molar refractivity (Wildman–Crippen MR) is 94.0 cm³/mol. The van der Waals surface area contributed by atoms with E-state index in [1.54, 1.807) is 19.2 Å². The molecule has 5 nitrogen and oxygen atoms in total. The summed E-state index contributed by atoms with van der Waals surface area (Å²) in [6.07, 6.45) is 1.36. The fourth-order valence-electron chi connectivity index (χ4n) is 3.67. The maximum Gasteiger partial charge on any atom is 0.433 e. The quantitative estimate of drug-likeness (QED) is 0.690. The number of hydrogen-bond donors (Lipinski definition) is 0. The van der Waals surface area contributed by atoms with E-state index in [1.165, 1.54) is 0 Å². The lowest BCUT2D eigenvalue weighted by Crippen LogP contribution is -2.23. The molecule has 142 valence electrons. The van der Waals surface area contributed by atoms with Gasteiger partial charge in [0, 0.05) is 30.7 Å². The number of aryl methyl sites for hydroxylation is 1. The zero-order chi connectivity index (χ0) is 19.0.